The van der Waals surface area contributed by atoms with Gasteiger partial charge in [0.15, 0.2) is 0 Å². The predicted molar refractivity (Wildman–Crippen MR) is 212 cm³/mol. The Bertz CT molecular complexity index is 2080. The molecule has 56 heavy (non-hydrogen) atoms. The molecule has 0 aromatic heterocycles. The second-order valence-corrected chi connectivity index (χ2v) is 16.6. The zero-order valence-corrected chi connectivity index (χ0v) is 32.0. The minimum Gasteiger partial charge on any atom is -0.508 e. The molecule has 3 aromatic rings. The summed E-state index contributed by atoms with van der Waals surface area (Å²) in [5.74, 6) is 0.934. The Morgan fingerprint density at radius 1 is 0.911 bits per heavy atom. The number of carbonyl (C=O) groups is 3. The summed E-state index contributed by atoms with van der Waals surface area (Å²) in [6.07, 6.45) is 10.5. The second kappa shape index (κ2) is 15.1. The van der Waals surface area contributed by atoms with E-state index >= 15 is 4.39 Å². The number of ether oxygens (including phenoxy) is 1. The summed E-state index contributed by atoms with van der Waals surface area (Å²) in [6, 6.07) is 17.1. The summed E-state index contributed by atoms with van der Waals surface area (Å²) in [7, 11) is 0. The van der Waals surface area contributed by atoms with Crippen LogP contribution in [0, 0.1) is 23.6 Å². The Labute approximate surface area is 327 Å². The smallest absolute Gasteiger partial charge is 0.255 e. The van der Waals surface area contributed by atoms with Gasteiger partial charge in [0.2, 0.25) is 11.8 Å². The molecule has 0 spiro atoms. The van der Waals surface area contributed by atoms with Gasteiger partial charge in [-0.25, -0.2) is 4.39 Å². The third kappa shape index (κ3) is 7.06. The highest BCUT2D eigenvalue weighted by molar-refractivity contribution is 6.05. The Balaban J connectivity index is 0.790. The van der Waals surface area contributed by atoms with Gasteiger partial charge in [0.05, 0.1) is 12.3 Å². The Kier molecular flexibility index (Phi) is 9.81. The molecule has 0 saturated carbocycles. The number of aromatic hydroxyl groups is 1. The summed E-state index contributed by atoms with van der Waals surface area (Å²) < 4.78 is 21.7. The molecule has 2 N–H and O–H groups in total. The van der Waals surface area contributed by atoms with Crippen LogP contribution in [0.15, 0.2) is 78.4 Å². The first-order chi connectivity index (χ1) is 27.2. The van der Waals surface area contributed by atoms with Crippen LogP contribution >= 0.6 is 0 Å². The highest BCUT2D eigenvalue weighted by atomic mass is 19.1. The van der Waals surface area contributed by atoms with Gasteiger partial charge in [0.25, 0.3) is 5.91 Å². The molecular weight excluding hydrogens is 710 g/mol. The fourth-order valence-corrected chi connectivity index (χ4v) is 9.90. The molecule has 4 atom stereocenters. The highest BCUT2D eigenvalue weighted by Crippen LogP contribution is 2.47. The van der Waals surface area contributed by atoms with Crippen molar-refractivity contribution in [3.8, 4) is 11.5 Å². The maximum absolute atomic E-state index is 15.5. The van der Waals surface area contributed by atoms with Crippen molar-refractivity contribution in [3.63, 3.8) is 0 Å². The van der Waals surface area contributed by atoms with Crippen LogP contribution in [0.4, 0.5) is 15.8 Å². The first kappa shape index (κ1) is 36.5. The first-order valence-corrected chi connectivity index (χ1v) is 20.3. The van der Waals surface area contributed by atoms with Gasteiger partial charge in [-0.05, 0) is 79.0 Å². The largest absolute Gasteiger partial charge is 0.508 e. The lowest BCUT2D eigenvalue weighted by molar-refractivity contribution is -0.136. The van der Waals surface area contributed by atoms with E-state index in [9.17, 15) is 19.5 Å². The van der Waals surface area contributed by atoms with Gasteiger partial charge in [0, 0.05) is 93.5 Å². The van der Waals surface area contributed by atoms with E-state index in [1.807, 2.05) is 6.07 Å². The summed E-state index contributed by atoms with van der Waals surface area (Å²) in [5, 5.41) is 12.5. The fourth-order valence-electron chi connectivity index (χ4n) is 9.90. The number of carbonyl (C=O) groups excluding carboxylic acids is 3. The Morgan fingerprint density at radius 2 is 1.70 bits per heavy atom. The van der Waals surface area contributed by atoms with E-state index in [-0.39, 0.29) is 48.8 Å². The number of nitrogens with zero attached hydrogens (tertiary/aromatic N) is 4. The van der Waals surface area contributed by atoms with E-state index in [0.717, 1.165) is 68.9 Å². The molecule has 292 valence electrons. The zero-order chi connectivity index (χ0) is 38.5. The molecule has 0 radical (unpaired) electrons. The number of piperidine rings is 2. The zero-order valence-electron chi connectivity index (χ0n) is 32.0. The van der Waals surface area contributed by atoms with Gasteiger partial charge >= 0.3 is 0 Å². The highest BCUT2D eigenvalue weighted by Gasteiger charge is 2.40. The van der Waals surface area contributed by atoms with Gasteiger partial charge < -0.3 is 24.5 Å². The Hall–Kier alpha value is -5.16. The van der Waals surface area contributed by atoms with E-state index in [2.05, 4.69) is 69.4 Å². The number of phenols is 1. The van der Waals surface area contributed by atoms with Crippen molar-refractivity contribution in [3.05, 3.63) is 106 Å². The van der Waals surface area contributed by atoms with Crippen molar-refractivity contribution in [1.82, 2.24) is 15.1 Å². The topological polar surface area (TPSA) is 106 Å². The second-order valence-electron chi connectivity index (χ2n) is 16.6. The number of allylic oxidation sites excluding steroid dienone is 3. The van der Waals surface area contributed by atoms with Crippen LogP contribution in [0.2, 0.25) is 0 Å². The minimum absolute atomic E-state index is 0.156. The van der Waals surface area contributed by atoms with Gasteiger partial charge in [-0.15, -0.1) is 0 Å². The number of piperazine rings is 1. The first-order valence-electron chi connectivity index (χ1n) is 20.3. The van der Waals surface area contributed by atoms with Gasteiger partial charge in [-0.3, -0.25) is 24.6 Å². The molecule has 11 heteroatoms. The number of benzene rings is 3. The number of anilines is 2. The van der Waals surface area contributed by atoms with E-state index in [1.54, 1.807) is 18.2 Å². The number of amides is 3. The van der Waals surface area contributed by atoms with Crippen molar-refractivity contribution in [1.29, 1.82) is 0 Å². The average molecular weight is 760 g/mol. The van der Waals surface area contributed by atoms with Crippen LogP contribution in [-0.4, -0.2) is 91.1 Å². The summed E-state index contributed by atoms with van der Waals surface area (Å²) >= 11 is 0. The van der Waals surface area contributed by atoms with Crippen LogP contribution in [0.5, 0.6) is 11.5 Å². The minimum atomic E-state index is -0.715. The number of hydrogen-bond donors (Lipinski definition) is 2. The fraction of sp³-hybridized carbons (Fsp3) is 0.444. The Morgan fingerprint density at radius 3 is 2.45 bits per heavy atom. The standard InChI is InChI=1S/C45H50FN5O5/c1-28-3-2-4-31(21-28)37-27-56-41-23-34(52)9-10-35(41)43(37)30-5-7-33(8-6-30)49-15-13-29(14-16-49)25-48-17-19-50(20-18-48)40-22-32-26-51(45(55)36(32)24-38(40)46)39-11-12-42(53)47-44(39)54/h2-10,22-24,28-29,37,39,43,52H,11-21,25-27H2,1H3,(H,47,53,54)/t28?,37-,39-,43-/m1/s1. The van der Waals surface area contributed by atoms with Crippen LogP contribution in [0.25, 0.3) is 0 Å². The number of rotatable bonds is 7. The molecule has 5 aliphatic heterocycles. The van der Waals surface area contributed by atoms with Crippen molar-refractivity contribution in [2.24, 2.45) is 17.8 Å². The third-order valence-corrected chi connectivity index (χ3v) is 13.0. The number of imide groups is 1. The maximum Gasteiger partial charge on any atom is 0.255 e. The predicted octanol–water partition coefficient (Wildman–Crippen LogP) is 5.99. The molecule has 5 heterocycles. The summed E-state index contributed by atoms with van der Waals surface area (Å²) in [5.41, 5.74) is 6.61. The molecule has 6 aliphatic rings. The molecule has 3 amide bonds. The summed E-state index contributed by atoms with van der Waals surface area (Å²) in [6.45, 7) is 9.27. The number of phenolic OH excluding ortho intramolecular Hbond substituents is 1. The SMILES string of the molecule is CC1C=CC=C([C@H]2COc3cc(O)ccc3[C@H]2c2ccc(N3CCC(CN4CCN(c5cc6c(cc5F)C(=O)N([C@@H]5CCC(=O)NC5=O)C6)CC4)CC3)cc2)C1. The lowest BCUT2D eigenvalue weighted by Crippen LogP contribution is -2.52. The van der Waals surface area contributed by atoms with Gasteiger partial charge in [0.1, 0.15) is 23.4 Å². The number of halogens is 1. The van der Waals surface area contributed by atoms with Gasteiger partial charge in [-0.2, -0.15) is 0 Å². The monoisotopic (exact) mass is 759 g/mol. The van der Waals surface area contributed by atoms with E-state index in [4.69, 9.17) is 4.74 Å². The van der Waals surface area contributed by atoms with Gasteiger partial charge in [-0.1, -0.05) is 48.9 Å². The van der Waals surface area contributed by atoms with E-state index in [1.165, 1.54) is 27.8 Å². The molecule has 1 aliphatic carbocycles. The molecule has 3 fully saturated rings. The molecule has 9 rings (SSSR count). The van der Waals surface area contributed by atoms with E-state index < -0.39 is 17.8 Å². The number of nitrogens with one attached hydrogen (secondary N) is 1. The lowest BCUT2D eigenvalue weighted by atomic mass is 9.73. The van der Waals surface area contributed by atoms with Crippen molar-refractivity contribution in [2.45, 2.75) is 57.5 Å². The average Bonchev–Trinajstić information content (AvgIpc) is 3.51. The van der Waals surface area contributed by atoms with Crippen LogP contribution in [0.1, 0.15) is 72.0 Å². The van der Waals surface area contributed by atoms with Crippen molar-refractivity contribution < 1.29 is 28.6 Å². The third-order valence-electron chi connectivity index (χ3n) is 13.0. The van der Waals surface area contributed by atoms with Crippen LogP contribution < -0.4 is 19.9 Å². The molecule has 3 saturated heterocycles. The maximum atomic E-state index is 15.5. The molecule has 10 nitrogen and oxygen atoms in total. The number of fused-ring (bicyclic) bond motifs is 2. The molecular formula is C45H50FN5O5. The van der Waals surface area contributed by atoms with Crippen LogP contribution in [-0.2, 0) is 16.1 Å². The molecule has 1 unspecified atom stereocenters. The molecule has 3 aromatic carbocycles. The van der Waals surface area contributed by atoms with E-state index in [0.29, 0.717) is 42.8 Å². The summed E-state index contributed by atoms with van der Waals surface area (Å²) in [4.78, 5) is 45.8. The van der Waals surface area contributed by atoms with Crippen LogP contribution in [0.3, 0.4) is 0 Å². The number of hydrogen-bond acceptors (Lipinski definition) is 8. The normalized spacial score (nSPS) is 25.8. The van der Waals surface area contributed by atoms with Crippen molar-refractivity contribution in [2.75, 3.05) is 62.2 Å². The quantitative estimate of drug-likeness (QED) is 0.283. The lowest BCUT2D eigenvalue weighted by Gasteiger charge is -2.40. The van der Waals surface area contributed by atoms with Crippen molar-refractivity contribution >= 4 is 29.1 Å². The molecule has 0 bridgehead atoms.